The predicted octanol–water partition coefficient (Wildman–Crippen LogP) is 4.22. The predicted molar refractivity (Wildman–Crippen MR) is 126 cm³/mol. The van der Waals surface area contributed by atoms with Gasteiger partial charge in [0.25, 0.3) is 0 Å². The van der Waals surface area contributed by atoms with Crippen molar-refractivity contribution < 1.29 is 28.9 Å². The fourth-order valence-electron chi connectivity index (χ4n) is 1.98. The van der Waals surface area contributed by atoms with Crippen LogP contribution in [0.1, 0.15) is 58.2 Å². The third-order valence-corrected chi connectivity index (χ3v) is 4.03. The molecule has 174 valence electrons. The molecule has 1 rings (SSSR count). The molecule has 0 N–H and O–H groups in total. The molecule has 0 aliphatic heterocycles. The molecule has 0 aliphatic rings. The van der Waals surface area contributed by atoms with Crippen molar-refractivity contribution in [2.75, 3.05) is 0 Å². The van der Waals surface area contributed by atoms with Gasteiger partial charge in [-0.1, -0.05) is 35.2 Å². The van der Waals surface area contributed by atoms with Crippen LogP contribution in [0.25, 0.3) is 0 Å². The molecular formula is C24H27N3O6. The van der Waals surface area contributed by atoms with E-state index in [1.54, 1.807) is 39.0 Å². The second-order valence-electron chi connectivity index (χ2n) is 7.31. The Hall–Kier alpha value is -4.14. The molecule has 0 saturated carbocycles. The molecule has 0 unspecified atom stereocenters. The van der Waals surface area contributed by atoms with E-state index in [-0.39, 0.29) is 16.7 Å². The van der Waals surface area contributed by atoms with Crippen LogP contribution in [0.4, 0.5) is 0 Å². The lowest BCUT2D eigenvalue weighted by Gasteiger charge is -2.10. The SMILES string of the molecule is C=C(C)C(=O)O/N=C(/C)c1cc(/C(C)=N\OC(=O)C(=C)C)cc(/C(C)=N/OC(=O)C(=C)C)c1. The van der Waals surface area contributed by atoms with Crippen LogP contribution in [0.2, 0.25) is 0 Å². The van der Waals surface area contributed by atoms with E-state index in [0.717, 1.165) is 0 Å². The van der Waals surface area contributed by atoms with E-state index >= 15 is 0 Å². The summed E-state index contributed by atoms with van der Waals surface area (Å²) in [6.07, 6.45) is 0. The molecule has 0 aliphatic carbocycles. The third kappa shape index (κ3) is 8.48. The Morgan fingerprint density at radius 3 is 0.939 bits per heavy atom. The van der Waals surface area contributed by atoms with Gasteiger partial charge in [0.1, 0.15) is 0 Å². The quantitative estimate of drug-likeness (QED) is 0.239. The summed E-state index contributed by atoms with van der Waals surface area (Å²) >= 11 is 0. The zero-order valence-corrected chi connectivity index (χ0v) is 19.6. The number of hydrogen-bond donors (Lipinski definition) is 0. The Kier molecular flexibility index (Phi) is 9.81. The van der Waals surface area contributed by atoms with E-state index in [0.29, 0.717) is 33.8 Å². The zero-order valence-electron chi connectivity index (χ0n) is 19.6. The van der Waals surface area contributed by atoms with Gasteiger partial charge in [-0.25, -0.2) is 14.4 Å². The van der Waals surface area contributed by atoms with Gasteiger partial charge in [-0.2, -0.15) is 0 Å². The lowest BCUT2D eigenvalue weighted by molar-refractivity contribution is -0.139. The minimum absolute atomic E-state index is 0.200. The molecule has 0 bridgehead atoms. The number of rotatable bonds is 9. The number of carbonyl (C=O) groups excluding carboxylic acids is 3. The van der Waals surface area contributed by atoms with Crippen LogP contribution >= 0.6 is 0 Å². The summed E-state index contributed by atoms with van der Waals surface area (Å²) in [6, 6.07) is 5.12. The first-order valence-electron chi connectivity index (χ1n) is 9.74. The molecule has 33 heavy (non-hydrogen) atoms. The average molecular weight is 453 g/mol. The highest BCUT2D eigenvalue weighted by atomic mass is 16.7. The highest BCUT2D eigenvalue weighted by Gasteiger charge is 2.12. The van der Waals surface area contributed by atoms with Crippen molar-refractivity contribution in [3.8, 4) is 0 Å². The van der Waals surface area contributed by atoms with E-state index in [1.165, 1.54) is 20.8 Å². The summed E-state index contributed by atoms with van der Waals surface area (Å²) in [5.41, 5.74) is 3.36. The summed E-state index contributed by atoms with van der Waals surface area (Å²) < 4.78 is 0. The molecule has 1 aromatic rings. The Morgan fingerprint density at radius 2 is 0.758 bits per heavy atom. The number of benzene rings is 1. The maximum atomic E-state index is 11.7. The van der Waals surface area contributed by atoms with Crippen molar-refractivity contribution in [3.05, 3.63) is 71.3 Å². The van der Waals surface area contributed by atoms with Gasteiger partial charge in [0, 0.05) is 33.4 Å². The monoisotopic (exact) mass is 453 g/mol. The van der Waals surface area contributed by atoms with Crippen molar-refractivity contribution in [2.24, 2.45) is 15.5 Å². The van der Waals surface area contributed by atoms with Crippen molar-refractivity contribution in [1.82, 2.24) is 0 Å². The molecule has 0 atom stereocenters. The molecule has 0 radical (unpaired) electrons. The van der Waals surface area contributed by atoms with Crippen molar-refractivity contribution in [1.29, 1.82) is 0 Å². The van der Waals surface area contributed by atoms with Crippen LogP contribution in [0.3, 0.4) is 0 Å². The van der Waals surface area contributed by atoms with E-state index < -0.39 is 17.9 Å². The molecule has 0 spiro atoms. The van der Waals surface area contributed by atoms with Crippen molar-refractivity contribution in [2.45, 2.75) is 41.5 Å². The van der Waals surface area contributed by atoms with Crippen LogP contribution in [0, 0.1) is 0 Å². The van der Waals surface area contributed by atoms with Crippen molar-refractivity contribution >= 4 is 35.0 Å². The van der Waals surface area contributed by atoms with E-state index in [4.69, 9.17) is 14.5 Å². The minimum Gasteiger partial charge on any atom is -0.313 e. The summed E-state index contributed by atoms with van der Waals surface area (Å²) in [7, 11) is 0. The molecule has 9 nitrogen and oxygen atoms in total. The molecule has 0 saturated heterocycles. The van der Waals surface area contributed by atoms with Gasteiger partial charge < -0.3 is 14.5 Å². The smallest absolute Gasteiger partial charge is 0.313 e. The van der Waals surface area contributed by atoms with Gasteiger partial charge in [0.2, 0.25) is 0 Å². The van der Waals surface area contributed by atoms with Crippen LogP contribution in [0.5, 0.6) is 0 Å². The maximum absolute atomic E-state index is 11.7. The van der Waals surface area contributed by atoms with Gasteiger partial charge in [-0.05, 0) is 59.7 Å². The Balaban J connectivity index is 3.45. The molecule has 1 aromatic carbocycles. The fourth-order valence-corrected chi connectivity index (χ4v) is 1.98. The summed E-state index contributed by atoms with van der Waals surface area (Å²) in [6.45, 7) is 19.9. The van der Waals surface area contributed by atoms with Crippen LogP contribution < -0.4 is 0 Å². The number of oxime groups is 3. The number of carbonyl (C=O) groups is 3. The number of hydrogen-bond acceptors (Lipinski definition) is 9. The highest BCUT2D eigenvalue weighted by Crippen LogP contribution is 2.15. The Bertz CT molecular complexity index is 959. The van der Waals surface area contributed by atoms with Gasteiger partial charge in [0.05, 0.1) is 17.1 Å². The molecule has 9 heteroatoms. The van der Waals surface area contributed by atoms with E-state index in [1.807, 2.05) is 0 Å². The molecule has 0 fully saturated rings. The van der Waals surface area contributed by atoms with Gasteiger partial charge >= 0.3 is 17.9 Å². The van der Waals surface area contributed by atoms with Crippen molar-refractivity contribution in [3.63, 3.8) is 0 Å². The molecular weight excluding hydrogens is 426 g/mol. The number of nitrogens with zero attached hydrogens (tertiary/aromatic N) is 3. The standard InChI is InChI=1S/C24H27N3O6/c1-13(2)22(28)31-25-16(7)19-10-20(17(8)26-32-23(29)14(3)4)12-21(11-19)18(9)27-33-24(30)15(5)6/h10-12H,1,3,5H2,2,4,6-9H3/b25-16-,26-17-,27-18+. The molecule has 0 heterocycles. The summed E-state index contributed by atoms with van der Waals surface area (Å²) in [5.74, 6) is -2.00. The third-order valence-electron chi connectivity index (χ3n) is 4.03. The minimum atomic E-state index is -0.667. The van der Waals surface area contributed by atoms with Gasteiger partial charge in [-0.15, -0.1) is 0 Å². The first-order chi connectivity index (χ1) is 15.3. The first kappa shape index (κ1) is 26.9. The topological polar surface area (TPSA) is 116 Å². The molecule has 0 aromatic heterocycles. The second kappa shape index (κ2) is 12.0. The normalized spacial score (nSPS) is 12.0. The lowest BCUT2D eigenvalue weighted by Crippen LogP contribution is -2.09. The lowest BCUT2D eigenvalue weighted by atomic mass is 9.98. The van der Waals surface area contributed by atoms with E-state index in [9.17, 15) is 14.4 Å². The largest absolute Gasteiger partial charge is 0.360 e. The Labute approximate surface area is 192 Å². The summed E-state index contributed by atoms with van der Waals surface area (Å²) in [5, 5.41) is 11.5. The highest BCUT2D eigenvalue weighted by molar-refractivity contribution is 6.08. The summed E-state index contributed by atoms with van der Waals surface area (Å²) in [4.78, 5) is 49.6. The van der Waals surface area contributed by atoms with E-state index in [2.05, 4.69) is 35.2 Å². The Morgan fingerprint density at radius 1 is 0.545 bits per heavy atom. The zero-order chi connectivity index (χ0) is 25.3. The second-order valence-corrected chi connectivity index (χ2v) is 7.31. The molecule has 0 amide bonds. The van der Waals surface area contributed by atoms with Crippen LogP contribution in [-0.2, 0) is 28.9 Å². The maximum Gasteiger partial charge on any atom is 0.360 e. The first-order valence-corrected chi connectivity index (χ1v) is 9.74. The van der Waals surface area contributed by atoms with Gasteiger partial charge in [-0.3, -0.25) is 0 Å². The van der Waals surface area contributed by atoms with Crippen LogP contribution in [0.15, 0.2) is 70.1 Å². The average Bonchev–Trinajstić information content (AvgIpc) is 2.77. The van der Waals surface area contributed by atoms with Crippen LogP contribution in [-0.4, -0.2) is 35.0 Å². The fraction of sp³-hybridized carbons (Fsp3) is 0.250. The van der Waals surface area contributed by atoms with Gasteiger partial charge in [0.15, 0.2) is 0 Å².